The molecular weight excluding hydrogens is 278 g/mol. The number of amides is 1. The fraction of sp³-hybridized carbons (Fsp3) is 0.500. The van der Waals surface area contributed by atoms with E-state index in [2.05, 4.69) is 21.2 Å². The zero-order chi connectivity index (χ0) is 12.3. The molecule has 0 radical (unpaired) electrons. The maximum absolute atomic E-state index is 12.0. The minimum absolute atomic E-state index is 0.181. The molecule has 0 bridgehead atoms. The molecule has 1 aliphatic carbocycles. The molecule has 1 N–H and O–H groups in total. The number of nitrogens with one attached hydrogen (secondary N) is 1. The number of anilines is 1. The van der Waals surface area contributed by atoms with E-state index in [0.29, 0.717) is 0 Å². The molecule has 1 aromatic rings. The minimum atomic E-state index is 0.181. The van der Waals surface area contributed by atoms with Crippen molar-refractivity contribution in [3.8, 4) is 0 Å². The van der Waals surface area contributed by atoms with Crippen LogP contribution in [-0.4, -0.2) is 5.91 Å². The van der Waals surface area contributed by atoms with Gasteiger partial charge < -0.3 is 5.32 Å². The molecule has 0 spiro atoms. The van der Waals surface area contributed by atoms with Crippen LogP contribution < -0.4 is 5.32 Å². The van der Waals surface area contributed by atoms with Crippen LogP contribution in [-0.2, 0) is 4.79 Å². The molecule has 1 aromatic carbocycles. The van der Waals surface area contributed by atoms with Gasteiger partial charge in [0.2, 0.25) is 5.91 Å². The van der Waals surface area contributed by atoms with Crippen LogP contribution in [0.25, 0.3) is 0 Å². The Bertz CT molecular complexity index is 411. The molecule has 1 fully saturated rings. The first-order chi connectivity index (χ1) is 8.16. The van der Waals surface area contributed by atoms with Gasteiger partial charge in [-0.05, 0) is 37.5 Å². The monoisotopic (exact) mass is 295 g/mol. The summed E-state index contributed by atoms with van der Waals surface area (Å²) in [5.41, 5.74) is 2.07. The van der Waals surface area contributed by atoms with Crippen molar-refractivity contribution in [3.63, 3.8) is 0 Å². The van der Waals surface area contributed by atoms with Gasteiger partial charge in [-0.2, -0.15) is 0 Å². The van der Waals surface area contributed by atoms with Gasteiger partial charge >= 0.3 is 0 Å². The summed E-state index contributed by atoms with van der Waals surface area (Å²) >= 11 is 3.48. The van der Waals surface area contributed by atoms with Crippen LogP contribution in [0.2, 0.25) is 0 Å². The number of hydrogen-bond donors (Lipinski definition) is 1. The fourth-order valence-corrected chi connectivity index (χ4v) is 2.66. The highest BCUT2D eigenvalue weighted by Gasteiger charge is 2.20. The number of halogens is 1. The lowest BCUT2D eigenvalue weighted by Gasteiger charge is -2.20. The largest absolute Gasteiger partial charge is 0.326 e. The van der Waals surface area contributed by atoms with E-state index in [1.165, 1.54) is 24.8 Å². The molecule has 1 amide bonds. The molecule has 0 unspecified atom stereocenters. The number of carbonyl (C=O) groups excluding carboxylic acids is 1. The molecule has 1 saturated carbocycles. The van der Waals surface area contributed by atoms with E-state index in [1.54, 1.807) is 0 Å². The van der Waals surface area contributed by atoms with Crippen LogP contribution in [0.5, 0.6) is 0 Å². The first kappa shape index (κ1) is 12.6. The van der Waals surface area contributed by atoms with Crippen LogP contribution >= 0.6 is 15.9 Å². The van der Waals surface area contributed by atoms with E-state index < -0.39 is 0 Å². The smallest absolute Gasteiger partial charge is 0.227 e. The second-order valence-electron chi connectivity index (χ2n) is 4.79. The Morgan fingerprint density at radius 3 is 2.65 bits per heavy atom. The summed E-state index contributed by atoms with van der Waals surface area (Å²) in [5, 5.41) is 3.01. The predicted octanol–water partition coefficient (Wildman–Crippen LogP) is 4.28. The lowest BCUT2D eigenvalue weighted by molar-refractivity contribution is -0.120. The Hall–Kier alpha value is -0.830. The van der Waals surface area contributed by atoms with Crippen molar-refractivity contribution in [3.05, 3.63) is 28.2 Å². The summed E-state index contributed by atoms with van der Waals surface area (Å²) in [4.78, 5) is 12.0. The molecular formula is C14H18BrNO. The van der Waals surface area contributed by atoms with Crippen LogP contribution in [0.4, 0.5) is 5.69 Å². The van der Waals surface area contributed by atoms with Crippen molar-refractivity contribution in [2.45, 2.75) is 39.0 Å². The summed E-state index contributed by atoms with van der Waals surface area (Å²) in [6.07, 6.45) is 5.74. The molecule has 3 heteroatoms. The topological polar surface area (TPSA) is 29.1 Å². The van der Waals surface area contributed by atoms with Crippen molar-refractivity contribution >= 4 is 27.5 Å². The van der Waals surface area contributed by atoms with E-state index in [9.17, 15) is 4.79 Å². The van der Waals surface area contributed by atoms with Crippen LogP contribution in [0.1, 0.15) is 37.7 Å². The molecule has 2 nitrogen and oxygen atoms in total. The van der Waals surface area contributed by atoms with E-state index >= 15 is 0 Å². The zero-order valence-electron chi connectivity index (χ0n) is 10.1. The Kier molecular flexibility index (Phi) is 4.21. The van der Waals surface area contributed by atoms with Crippen LogP contribution in [0.3, 0.4) is 0 Å². The lowest BCUT2D eigenvalue weighted by Crippen LogP contribution is -2.24. The molecule has 92 valence electrons. The summed E-state index contributed by atoms with van der Waals surface area (Å²) < 4.78 is 1.04. The van der Waals surface area contributed by atoms with Gasteiger partial charge in [-0.1, -0.05) is 41.3 Å². The molecule has 2 rings (SSSR count). The van der Waals surface area contributed by atoms with Gasteiger partial charge in [0.25, 0.3) is 0 Å². The van der Waals surface area contributed by atoms with Crippen molar-refractivity contribution < 1.29 is 4.79 Å². The van der Waals surface area contributed by atoms with Gasteiger partial charge in [-0.25, -0.2) is 0 Å². The minimum Gasteiger partial charge on any atom is -0.326 e. The standard InChI is InChI=1S/C14H18BrNO/c1-10-7-8-12(9-13(10)15)16-14(17)11-5-3-2-4-6-11/h7-9,11H,2-6H2,1H3,(H,16,17). The SMILES string of the molecule is Cc1ccc(NC(=O)C2CCCCC2)cc1Br. The van der Waals surface area contributed by atoms with Crippen molar-refractivity contribution in [1.29, 1.82) is 0 Å². The summed E-state index contributed by atoms with van der Waals surface area (Å²) in [6.45, 7) is 2.04. The number of carbonyl (C=O) groups is 1. The molecule has 0 saturated heterocycles. The number of rotatable bonds is 2. The van der Waals surface area contributed by atoms with Crippen LogP contribution in [0.15, 0.2) is 22.7 Å². The highest BCUT2D eigenvalue weighted by atomic mass is 79.9. The summed E-state index contributed by atoms with van der Waals surface area (Å²) in [6, 6.07) is 5.94. The van der Waals surface area contributed by atoms with Crippen LogP contribution in [0, 0.1) is 12.8 Å². The van der Waals surface area contributed by atoms with Gasteiger partial charge in [-0.3, -0.25) is 4.79 Å². The highest BCUT2D eigenvalue weighted by molar-refractivity contribution is 9.10. The van der Waals surface area contributed by atoms with Gasteiger partial charge in [0.1, 0.15) is 0 Å². The molecule has 17 heavy (non-hydrogen) atoms. The summed E-state index contributed by atoms with van der Waals surface area (Å²) in [7, 11) is 0. The van der Waals surface area contributed by atoms with Gasteiger partial charge in [0.05, 0.1) is 0 Å². The fourth-order valence-electron chi connectivity index (χ4n) is 2.28. The molecule has 0 atom stereocenters. The van der Waals surface area contributed by atoms with Crippen molar-refractivity contribution in [2.24, 2.45) is 5.92 Å². The molecule has 0 heterocycles. The molecule has 1 aliphatic rings. The summed E-state index contributed by atoms with van der Waals surface area (Å²) in [5.74, 6) is 0.393. The van der Waals surface area contributed by atoms with Gasteiger partial charge in [0.15, 0.2) is 0 Å². The van der Waals surface area contributed by atoms with E-state index in [0.717, 1.165) is 23.0 Å². The Balaban J connectivity index is 1.99. The number of benzene rings is 1. The average molecular weight is 296 g/mol. The third kappa shape index (κ3) is 3.32. The zero-order valence-corrected chi connectivity index (χ0v) is 11.7. The first-order valence-electron chi connectivity index (χ1n) is 6.24. The van der Waals surface area contributed by atoms with Gasteiger partial charge in [-0.15, -0.1) is 0 Å². The van der Waals surface area contributed by atoms with E-state index in [4.69, 9.17) is 0 Å². The maximum atomic E-state index is 12.0. The Labute approximate surface area is 111 Å². The third-order valence-corrected chi connectivity index (χ3v) is 4.27. The highest BCUT2D eigenvalue weighted by Crippen LogP contribution is 2.26. The predicted molar refractivity (Wildman–Crippen MR) is 74.1 cm³/mol. The second kappa shape index (κ2) is 5.67. The maximum Gasteiger partial charge on any atom is 0.227 e. The molecule has 0 aromatic heterocycles. The first-order valence-corrected chi connectivity index (χ1v) is 7.03. The second-order valence-corrected chi connectivity index (χ2v) is 5.64. The van der Waals surface area contributed by atoms with E-state index in [1.807, 2.05) is 25.1 Å². The molecule has 0 aliphatic heterocycles. The number of hydrogen-bond acceptors (Lipinski definition) is 1. The van der Waals surface area contributed by atoms with Crippen molar-refractivity contribution in [1.82, 2.24) is 0 Å². The third-order valence-electron chi connectivity index (χ3n) is 3.42. The average Bonchev–Trinajstić information content (AvgIpc) is 2.35. The van der Waals surface area contributed by atoms with E-state index in [-0.39, 0.29) is 11.8 Å². The lowest BCUT2D eigenvalue weighted by atomic mass is 9.88. The Morgan fingerprint density at radius 1 is 1.29 bits per heavy atom. The number of aryl methyl sites for hydroxylation is 1. The van der Waals surface area contributed by atoms with Gasteiger partial charge in [0, 0.05) is 16.1 Å². The Morgan fingerprint density at radius 2 is 2.00 bits per heavy atom. The normalized spacial score (nSPS) is 16.8. The van der Waals surface area contributed by atoms with Crippen molar-refractivity contribution in [2.75, 3.05) is 5.32 Å². The quantitative estimate of drug-likeness (QED) is 0.867.